The molecule has 1 amide bonds. The molecule has 0 spiro atoms. The molecule has 0 aromatic rings. The van der Waals surface area contributed by atoms with E-state index >= 15 is 0 Å². The van der Waals surface area contributed by atoms with Gasteiger partial charge in [0.05, 0.1) is 0 Å². The molecule has 0 aromatic heterocycles. The first-order chi connectivity index (χ1) is 6.69. The number of ether oxygens (including phenoxy) is 1. The van der Waals surface area contributed by atoms with E-state index in [4.69, 9.17) is 4.74 Å². The fraction of sp³-hybridized carbons (Fsp3) is 0.545. The molecule has 3 heteroatoms. The molecule has 0 aromatic carbocycles. The summed E-state index contributed by atoms with van der Waals surface area (Å²) < 4.78 is 4.82. The van der Waals surface area contributed by atoms with E-state index in [1.165, 1.54) is 11.1 Å². The van der Waals surface area contributed by atoms with Crippen molar-refractivity contribution < 1.29 is 9.53 Å². The molecule has 1 aliphatic rings. The number of methoxy groups -OCH3 is 1. The minimum absolute atomic E-state index is 0.0648. The standard InChI is InChI=1S/C11H17NO2/c1-4-10-5-6-12(7-9(10)2)11(13)8-14-3/h4H,1,5-8H2,2-3H3. The Morgan fingerprint density at radius 1 is 1.71 bits per heavy atom. The van der Waals surface area contributed by atoms with Crippen LogP contribution in [0.1, 0.15) is 13.3 Å². The first kappa shape index (κ1) is 11.0. The van der Waals surface area contributed by atoms with E-state index in [0.717, 1.165) is 13.0 Å². The lowest BCUT2D eigenvalue weighted by atomic mass is 10.0. The lowest BCUT2D eigenvalue weighted by molar-refractivity contribution is -0.134. The summed E-state index contributed by atoms with van der Waals surface area (Å²) in [6.45, 7) is 7.47. The molecule has 0 N–H and O–H groups in total. The van der Waals surface area contributed by atoms with Crippen LogP contribution in [-0.4, -0.2) is 37.6 Å². The maximum absolute atomic E-state index is 11.5. The first-order valence-corrected chi connectivity index (χ1v) is 4.76. The highest BCUT2D eigenvalue weighted by Crippen LogP contribution is 2.18. The van der Waals surface area contributed by atoms with Crippen molar-refractivity contribution >= 4 is 5.91 Å². The van der Waals surface area contributed by atoms with E-state index in [1.54, 1.807) is 7.11 Å². The van der Waals surface area contributed by atoms with Crippen molar-refractivity contribution in [3.63, 3.8) is 0 Å². The summed E-state index contributed by atoms with van der Waals surface area (Å²) in [7, 11) is 1.54. The van der Waals surface area contributed by atoms with Gasteiger partial charge in [-0.3, -0.25) is 4.79 Å². The molecule has 0 bridgehead atoms. The third-order valence-electron chi connectivity index (χ3n) is 2.49. The van der Waals surface area contributed by atoms with Gasteiger partial charge in [-0.2, -0.15) is 0 Å². The van der Waals surface area contributed by atoms with Gasteiger partial charge >= 0.3 is 0 Å². The molecule has 1 heterocycles. The van der Waals surface area contributed by atoms with E-state index in [1.807, 2.05) is 17.9 Å². The van der Waals surface area contributed by atoms with Crippen molar-refractivity contribution in [2.45, 2.75) is 13.3 Å². The molecular formula is C11H17NO2. The van der Waals surface area contributed by atoms with Crippen LogP contribution in [0.4, 0.5) is 0 Å². The van der Waals surface area contributed by atoms with Crippen molar-refractivity contribution in [2.75, 3.05) is 26.8 Å². The Morgan fingerprint density at radius 3 is 2.93 bits per heavy atom. The minimum atomic E-state index is 0.0648. The largest absolute Gasteiger partial charge is 0.375 e. The Labute approximate surface area is 85.0 Å². The summed E-state index contributed by atoms with van der Waals surface area (Å²) in [6, 6.07) is 0. The van der Waals surface area contributed by atoms with Crippen LogP contribution in [0.3, 0.4) is 0 Å². The zero-order chi connectivity index (χ0) is 10.6. The van der Waals surface area contributed by atoms with Crippen LogP contribution < -0.4 is 0 Å². The van der Waals surface area contributed by atoms with Crippen LogP contribution in [0.15, 0.2) is 23.8 Å². The Bertz CT molecular complexity index is 268. The van der Waals surface area contributed by atoms with Gasteiger partial charge in [0.25, 0.3) is 0 Å². The molecule has 0 saturated heterocycles. The van der Waals surface area contributed by atoms with E-state index < -0.39 is 0 Å². The number of carbonyl (C=O) groups is 1. The fourth-order valence-corrected chi connectivity index (χ4v) is 1.64. The predicted octanol–water partition coefficient (Wildman–Crippen LogP) is 1.37. The summed E-state index contributed by atoms with van der Waals surface area (Å²) in [5.41, 5.74) is 2.50. The number of hydrogen-bond donors (Lipinski definition) is 0. The highest BCUT2D eigenvalue weighted by molar-refractivity contribution is 5.78. The van der Waals surface area contributed by atoms with Crippen LogP contribution in [0.2, 0.25) is 0 Å². The van der Waals surface area contributed by atoms with Gasteiger partial charge in [0, 0.05) is 20.2 Å². The maximum atomic E-state index is 11.5. The van der Waals surface area contributed by atoms with Gasteiger partial charge in [0.2, 0.25) is 5.91 Å². The smallest absolute Gasteiger partial charge is 0.248 e. The van der Waals surface area contributed by atoms with Gasteiger partial charge in [-0.05, 0) is 18.9 Å². The van der Waals surface area contributed by atoms with E-state index in [0.29, 0.717) is 6.54 Å². The van der Waals surface area contributed by atoms with Crippen LogP contribution in [-0.2, 0) is 9.53 Å². The lowest BCUT2D eigenvalue weighted by Gasteiger charge is -2.28. The van der Waals surface area contributed by atoms with Gasteiger partial charge in [-0.25, -0.2) is 0 Å². The molecule has 78 valence electrons. The van der Waals surface area contributed by atoms with E-state index in [-0.39, 0.29) is 12.5 Å². The summed E-state index contributed by atoms with van der Waals surface area (Å²) in [5.74, 6) is 0.0648. The second-order valence-electron chi connectivity index (χ2n) is 3.51. The molecule has 1 aliphatic heterocycles. The number of amides is 1. The maximum Gasteiger partial charge on any atom is 0.248 e. The van der Waals surface area contributed by atoms with Gasteiger partial charge < -0.3 is 9.64 Å². The van der Waals surface area contributed by atoms with Gasteiger partial charge in [0.1, 0.15) is 6.61 Å². The van der Waals surface area contributed by atoms with Gasteiger partial charge in [-0.15, -0.1) is 0 Å². The predicted molar refractivity (Wildman–Crippen MR) is 56.0 cm³/mol. The van der Waals surface area contributed by atoms with Crippen LogP contribution >= 0.6 is 0 Å². The Hall–Kier alpha value is -1.09. The van der Waals surface area contributed by atoms with Crippen LogP contribution in [0.5, 0.6) is 0 Å². The highest BCUT2D eigenvalue weighted by Gasteiger charge is 2.18. The second-order valence-corrected chi connectivity index (χ2v) is 3.51. The third kappa shape index (κ3) is 2.45. The van der Waals surface area contributed by atoms with Crippen molar-refractivity contribution in [2.24, 2.45) is 0 Å². The Kier molecular flexibility index (Phi) is 3.89. The summed E-state index contributed by atoms with van der Waals surface area (Å²) in [6.07, 6.45) is 2.79. The summed E-state index contributed by atoms with van der Waals surface area (Å²) in [4.78, 5) is 13.3. The zero-order valence-electron chi connectivity index (χ0n) is 8.88. The molecule has 0 saturated carbocycles. The number of carbonyl (C=O) groups excluding carboxylic acids is 1. The van der Waals surface area contributed by atoms with Gasteiger partial charge in [-0.1, -0.05) is 18.2 Å². The number of rotatable bonds is 3. The average Bonchev–Trinajstić information content (AvgIpc) is 2.18. The van der Waals surface area contributed by atoms with Crippen molar-refractivity contribution in [3.8, 4) is 0 Å². The van der Waals surface area contributed by atoms with Crippen molar-refractivity contribution in [1.29, 1.82) is 0 Å². The molecule has 14 heavy (non-hydrogen) atoms. The van der Waals surface area contributed by atoms with E-state index in [2.05, 4.69) is 6.58 Å². The van der Waals surface area contributed by atoms with Crippen molar-refractivity contribution in [1.82, 2.24) is 4.90 Å². The molecular weight excluding hydrogens is 178 g/mol. The highest BCUT2D eigenvalue weighted by atomic mass is 16.5. The summed E-state index contributed by atoms with van der Waals surface area (Å²) >= 11 is 0. The fourth-order valence-electron chi connectivity index (χ4n) is 1.64. The molecule has 3 nitrogen and oxygen atoms in total. The minimum Gasteiger partial charge on any atom is -0.375 e. The topological polar surface area (TPSA) is 29.5 Å². The molecule has 0 radical (unpaired) electrons. The molecule has 0 fully saturated rings. The lowest BCUT2D eigenvalue weighted by Crippen LogP contribution is -2.38. The van der Waals surface area contributed by atoms with E-state index in [9.17, 15) is 4.79 Å². The van der Waals surface area contributed by atoms with Gasteiger partial charge in [0.15, 0.2) is 0 Å². The number of nitrogens with zero attached hydrogens (tertiary/aromatic N) is 1. The number of hydrogen-bond acceptors (Lipinski definition) is 2. The number of allylic oxidation sites excluding steroid dienone is 1. The second kappa shape index (κ2) is 4.96. The van der Waals surface area contributed by atoms with Crippen molar-refractivity contribution in [3.05, 3.63) is 23.8 Å². The quantitative estimate of drug-likeness (QED) is 0.680. The first-order valence-electron chi connectivity index (χ1n) is 4.76. The average molecular weight is 195 g/mol. The SMILES string of the molecule is C=CC1=C(C)CN(C(=O)COC)CC1. The monoisotopic (exact) mass is 195 g/mol. The summed E-state index contributed by atoms with van der Waals surface area (Å²) in [5, 5.41) is 0. The Balaban J connectivity index is 2.60. The normalized spacial score (nSPS) is 17.1. The Morgan fingerprint density at radius 2 is 2.43 bits per heavy atom. The molecule has 1 rings (SSSR count). The molecule has 0 unspecified atom stereocenters. The molecule has 0 aliphatic carbocycles. The van der Waals surface area contributed by atoms with Crippen LogP contribution in [0.25, 0.3) is 0 Å². The zero-order valence-corrected chi connectivity index (χ0v) is 8.88. The third-order valence-corrected chi connectivity index (χ3v) is 2.49. The van der Waals surface area contributed by atoms with Crippen LogP contribution in [0, 0.1) is 0 Å². The molecule has 0 atom stereocenters.